The van der Waals surface area contributed by atoms with Crippen molar-refractivity contribution >= 4 is 17.2 Å². The van der Waals surface area contributed by atoms with Crippen molar-refractivity contribution in [1.29, 1.82) is 0 Å². The van der Waals surface area contributed by atoms with Crippen molar-refractivity contribution in [3.63, 3.8) is 0 Å². The van der Waals surface area contributed by atoms with Crippen LogP contribution in [0.4, 0.5) is 0 Å². The summed E-state index contributed by atoms with van der Waals surface area (Å²) in [7, 11) is 0. The molecule has 0 spiro atoms. The summed E-state index contributed by atoms with van der Waals surface area (Å²) in [6.07, 6.45) is 6.88. The highest BCUT2D eigenvalue weighted by Crippen LogP contribution is 2.44. The Hall–Kier alpha value is -1.64. The van der Waals surface area contributed by atoms with E-state index in [2.05, 4.69) is 9.97 Å². The first-order valence-corrected chi connectivity index (χ1v) is 4.81. The normalized spacial score (nSPS) is 16.0. The van der Waals surface area contributed by atoms with E-state index in [4.69, 9.17) is 0 Å². The van der Waals surface area contributed by atoms with Crippen LogP contribution in [0.5, 0.6) is 0 Å². The first-order chi connectivity index (χ1) is 6.90. The Morgan fingerprint density at radius 3 is 3.07 bits per heavy atom. The van der Waals surface area contributed by atoms with Crippen LogP contribution >= 0.6 is 0 Å². The number of hydrogen-bond donors (Lipinski definition) is 1. The van der Waals surface area contributed by atoms with Gasteiger partial charge in [0.25, 0.3) is 0 Å². The molecule has 1 saturated carbocycles. The van der Waals surface area contributed by atoms with Crippen LogP contribution in [0.15, 0.2) is 18.5 Å². The molecule has 0 unspecified atom stereocenters. The third-order valence-corrected chi connectivity index (χ3v) is 2.77. The molecule has 70 valence electrons. The van der Waals surface area contributed by atoms with Gasteiger partial charge in [0.15, 0.2) is 6.29 Å². The summed E-state index contributed by atoms with van der Waals surface area (Å²) >= 11 is 0. The van der Waals surface area contributed by atoms with E-state index in [1.54, 1.807) is 6.20 Å². The lowest BCUT2D eigenvalue weighted by Gasteiger charge is -1.94. The molecule has 0 aromatic carbocycles. The van der Waals surface area contributed by atoms with Crippen LogP contribution in [0.3, 0.4) is 0 Å². The molecule has 0 amide bonds. The topological polar surface area (TPSA) is 45.8 Å². The summed E-state index contributed by atoms with van der Waals surface area (Å²) in [5, 5.41) is 1.11. The molecule has 2 aromatic rings. The Kier molecular flexibility index (Phi) is 1.48. The number of aromatic amines is 1. The smallest absolute Gasteiger partial charge is 0.166 e. The number of pyridine rings is 1. The van der Waals surface area contributed by atoms with Crippen LogP contribution in [-0.4, -0.2) is 16.3 Å². The number of aromatic nitrogens is 2. The van der Waals surface area contributed by atoms with Crippen molar-refractivity contribution in [2.75, 3.05) is 0 Å². The van der Waals surface area contributed by atoms with Gasteiger partial charge in [-0.25, -0.2) is 0 Å². The van der Waals surface area contributed by atoms with Crippen LogP contribution in [0.2, 0.25) is 0 Å². The van der Waals surface area contributed by atoms with E-state index < -0.39 is 0 Å². The van der Waals surface area contributed by atoms with E-state index >= 15 is 0 Å². The maximum absolute atomic E-state index is 10.9. The van der Waals surface area contributed by atoms with Crippen LogP contribution in [0, 0.1) is 0 Å². The van der Waals surface area contributed by atoms with Gasteiger partial charge in [0.1, 0.15) is 0 Å². The Balaban J connectivity index is 2.35. The lowest BCUT2D eigenvalue weighted by molar-refractivity contribution is 0.111. The van der Waals surface area contributed by atoms with E-state index in [0.29, 0.717) is 5.92 Å². The average molecular weight is 186 g/mol. The van der Waals surface area contributed by atoms with Crippen molar-refractivity contribution < 1.29 is 4.79 Å². The first kappa shape index (κ1) is 7.74. The van der Waals surface area contributed by atoms with Crippen LogP contribution < -0.4 is 0 Å². The van der Waals surface area contributed by atoms with Gasteiger partial charge in [-0.05, 0) is 30.4 Å². The highest BCUT2D eigenvalue weighted by atomic mass is 16.1. The number of carbonyl (C=O) groups is 1. The molecule has 0 aliphatic heterocycles. The largest absolute Gasteiger partial charge is 0.352 e. The van der Waals surface area contributed by atoms with Crippen molar-refractivity contribution in [3.8, 4) is 0 Å². The number of carbonyl (C=O) groups excluding carboxylic acids is 1. The van der Waals surface area contributed by atoms with Gasteiger partial charge in [-0.15, -0.1) is 0 Å². The van der Waals surface area contributed by atoms with E-state index in [-0.39, 0.29) is 0 Å². The summed E-state index contributed by atoms with van der Waals surface area (Å²) in [6.45, 7) is 0. The Morgan fingerprint density at radius 1 is 1.50 bits per heavy atom. The molecule has 1 fully saturated rings. The number of H-pyrrole nitrogens is 1. The number of hydrogen-bond acceptors (Lipinski definition) is 2. The standard InChI is InChI=1S/C11H10N2O/c14-6-10-11(7-1-2-7)8-5-12-4-3-9(8)13-10/h3-7,13H,1-2H2. The summed E-state index contributed by atoms with van der Waals surface area (Å²) in [6, 6.07) is 1.91. The molecule has 2 aromatic heterocycles. The summed E-state index contributed by atoms with van der Waals surface area (Å²) in [4.78, 5) is 18.1. The zero-order chi connectivity index (χ0) is 9.54. The molecular formula is C11H10N2O. The third-order valence-electron chi connectivity index (χ3n) is 2.77. The summed E-state index contributed by atoms with van der Waals surface area (Å²) < 4.78 is 0. The summed E-state index contributed by atoms with van der Waals surface area (Å²) in [5.74, 6) is 0.577. The Labute approximate surface area is 81.2 Å². The molecule has 0 atom stereocenters. The van der Waals surface area contributed by atoms with Gasteiger partial charge >= 0.3 is 0 Å². The fourth-order valence-electron chi connectivity index (χ4n) is 1.98. The fourth-order valence-corrected chi connectivity index (χ4v) is 1.98. The molecule has 3 rings (SSSR count). The second-order valence-electron chi connectivity index (χ2n) is 3.77. The number of nitrogens with zero attached hydrogens (tertiary/aromatic N) is 1. The van der Waals surface area contributed by atoms with E-state index in [1.165, 1.54) is 18.4 Å². The Bertz CT molecular complexity index is 497. The fraction of sp³-hybridized carbons (Fsp3) is 0.273. The zero-order valence-corrected chi connectivity index (χ0v) is 7.66. The van der Waals surface area contributed by atoms with Gasteiger partial charge in [-0.2, -0.15) is 0 Å². The van der Waals surface area contributed by atoms with Gasteiger partial charge in [0, 0.05) is 23.3 Å². The number of nitrogens with one attached hydrogen (secondary N) is 1. The molecule has 0 radical (unpaired) electrons. The van der Waals surface area contributed by atoms with E-state index in [9.17, 15) is 4.79 Å². The quantitative estimate of drug-likeness (QED) is 0.731. The SMILES string of the molecule is O=Cc1[nH]c2ccncc2c1C1CC1. The molecule has 1 aliphatic rings. The van der Waals surface area contributed by atoms with Crippen molar-refractivity contribution in [1.82, 2.24) is 9.97 Å². The second-order valence-corrected chi connectivity index (χ2v) is 3.77. The summed E-state index contributed by atoms with van der Waals surface area (Å²) in [5.41, 5.74) is 2.92. The minimum absolute atomic E-state index is 0.577. The lowest BCUT2D eigenvalue weighted by atomic mass is 10.1. The van der Waals surface area contributed by atoms with E-state index in [1.807, 2.05) is 12.3 Å². The Morgan fingerprint density at radius 2 is 2.36 bits per heavy atom. The maximum Gasteiger partial charge on any atom is 0.166 e. The number of rotatable bonds is 2. The molecule has 14 heavy (non-hydrogen) atoms. The predicted octanol–water partition coefficient (Wildman–Crippen LogP) is 2.25. The number of fused-ring (bicyclic) bond motifs is 1. The molecule has 3 heteroatoms. The maximum atomic E-state index is 10.9. The van der Waals surface area contributed by atoms with Crippen molar-refractivity contribution in [2.45, 2.75) is 18.8 Å². The molecule has 1 aliphatic carbocycles. The van der Waals surface area contributed by atoms with Gasteiger partial charge in [-0.1, -0.05) is 0 Å². The monoisotopic (exact) mass is 186 g/mol. The average Bonchev–Trinajstić information content (AvgIpc) is 2.98. The van der Waals surface area contributed by atoms with Crippen molar-refractivity contribution in [2.24, 2.45) is 0 Å². The van der Waals surface area contributed by atoms with Gasteiger partial charge in [0.05, 0.1) is 5.69 Å². The first-order valence-electron chi connectivity index (χ1n) is 4.81. The van der Waals surface area contributed by atoms with Crippen LogP contribution in [0.25, 0.3) is 10.9 Å². The second kappa shape index (κ2) is 2.67. The number of aldehydes is 1. The third kappa shape index (κ3) is 0.985. The predicted molar refractivity (Wildman–Crippen MR) is 53.5 cm³/mol. The molecule has 0 saturated heterocycles. The molecule has 0 bridgehead atoms. The minimum Gasteiger partial charge on any atom is -0.352 e. The molecule has 3 nitrogen and oxygen atoms in total. The van der Waals surface area contributed by atoms with Crippen LogP contribution in [-0.2, 0) is 0 Å². The van der Waals surface area contributed by atoms with Gasteiger partial charge < -0.3 is 4.98 Å². The minimum atomic E-state index is 0.577. The van der Waals surface area contributed by atoms with E-state index in [0.717, 1.165) is 22.9 Å². The molecule has 1 N–H and O–H groups in total. The molecule has 2 heterocycles. The lowest BCUT2D eigenvalue weighted by Crippen LogP contribution is -1.85. The highest BCUT2D eigenvalue weighted by Gasteiger charge is 2.29. The van der Waals surface area contributed by atoms with Gasteiger partial charge in [-0.3, -0.25) is 9.78 Å². The van der Waals surface area contributed by atoms with Crippen LogP contribution in [0.1, 0.15) is 34.8 Å². The van der Waals surface area contributed by atoms with Gasteiger partial charge in [0.2, 0.25) is 0 Å². The zero-order valence-electron chi connectivity index (χ0n) is 7.66. The van der Waals surface area contributed by atoms with Crippen molar-refractivity contribution in [3.05, 3.63) is 29.7 Å². The molecular weight excluding hydrogens is 176 g/mol. The highest BCUT2D eigenvalue weighted by molar-refractivity contribution is 5.92.